The maximum Gasteiger partial charge on any atom is 0.242 e. The minimum atomic E-state index is -0.888. The number of aromatic nitrogens is 3. The van der Waals surface area contributed by atoms with Crippen LogP contribution < -0.4 is 0 Å². The Morgan fingerprint density at radius 1 is 1.36 bits per heavy atom. The summed E-state index contributed by atoms with van der Waals surface area (Å²) >= 11 is 0. The summed E-state index contributed by atoms with van der Waals surface area (Å²) in [5.74, 6) is 0.563. The Kier molecular flexibility index (Phi) is 5.81. The van der Waals surface area contributed by atoms with Crippen LogP contribution in [0.25, 0.3) is 0 Å². The van der Waals surface area contributed by atoms with Gasteiger partial charge in [0.1, 0.15) is 18.5 Å². The third-order valence-corrected chi connectivity index (χ3v) is 4.97. The van der Waals surface area contributed by atoms with Crippen molar-refractivity contribution in [3.63, 3.8) is 0 Å². The van der Waals surface area contributed by atoms with E-state index in [2.05, 4.69) is 9.97 Å². The van der Waals surface area contributed by atoms with Gasteiger partial charge in [-0.3, -0.25) is 9.78 Å². The molecule has 134 valence electrons. The normalized spacial score (nSPS) is 16.6. The first kappa shape index (κ1) is 17.6. The molecule has 1 saturated carbocycles. The van der Waals surface area contributed by atoms with Crippen LogP contribution >= 0.6 is 0 Å². The second-order valence-corrected chi connectivity index (χ2v) is 6.57. The molecule has 0 aliphatic heterocycles. The fourth-order valence-corrected chi connectivity index (χ4v) is 3.66. The van der Waals surface area contributed by atoms with Crippen molar-refractivity contribution in [1.29, 1.82) is 0 Å². The van der Waals surface area contributed by atoms with Gasteiger partial charge in [-0.15, -0.1) is 0 Å². The van der Waals surface area contributed by atoms with Crippen molar-refractivity contribution in [2.45, 2.75) is 57.7 Å². The molecule has 0 radical (unpaired) electrons. The molecule has 1 fully saturated rings. The number of carbonyl (C=O) groups is 1. The van der Waals surface area contributed by atoms with Gasteiger partial charge in [-0.05, 0) is 25.8 Å². The lowest BCUT2D eigenvalue weighted by Gasteiger charge is -2.34. The maximum absolute atomic E-state index is 12.8. The molecule has 0 bridgehead atoms. The molecule has 0 aromatic carbocycles. The Bertz CT molecular complexity index is 680. The van der Waals surface area contributed by atoms with Crippen LogP contribution in [0.1, 0.15) is 56.5 Å². The number of pyridine rings is 1. The zero-order chi connectivity index (χ0) is 17.6. The summed E-state index contributed by atoms with van der Waals surface area (Å²) in [4.78, 5) is 23.1. The second kappa shape index (κ2) is 8.25. The van der Waals surface area contributed by atoms with Crippen molar-refractivity contribution >= 4 is 5.91 Å². The summed E-state index contributed by atoms with van der Waals surface area (Å²) in [7, 11) is 0. The predicted octanol–water partition coefficient (Wildman–Crippen LogP) is 2.54. The van der Waals surface area contributed by atoms with E-state index in [-0.39, 0.29) is 12.5 Å². The zero-order valence-electron chi connectivity index (χ0n) is 14.7. The number of likely N-dealkylation sites (N-methyl/N-ethyl adjacent to an activating group) is 1. The van der Waals surface area contributed by atoms with E-state index in [1.807, 2.05) is 11.8 Å². The van der Waals surface area contributed by atoms with Crippen LogP contribution in [-0.2, 0) is 11.3 Å². The Balaban J connectivity index is 1.72. The summed E-state index contributed by atoms with van der Waals surface area (Å²) in [5.41, 5.74) is 0.669. The van der Waals surface area contributed by atoms with Crippen molar-refractivity contribution in [3.05, 3.63) is 48.3 Å². The van der Waals surface area contributed by atoms with E-state index in [9.17, 15) is 9.90 Å². The third-order valence-electron chi connectivity index (χ3n) is 4.97. The molecule has 0 saturated heterocycles. The second-order valence-electron chi connectivity index (χ2n) is 6.57. The molecule has 1 aliphatic carbocycles. The van der Waals surface area contributed by atoms with E-state index in [1.54, 1.807) is 41.5 Å². The molecular formula is C19H26N4O2. The summed E-state index contributed by atoms with van der Waals surface area (Å²) < 4.78 is 1.74. The lowest BCUT2D eigenvalue weighted by Crippen LogP contribution is -2.43. The lowest BCUT2D eigenvalue weighted by atomic mass is 9.94. The zero-order valence-corrected chi connectivity index (χ0v) is 14.7. The number of aliphatic hydroxyl groups is 1. The summed E-state index contributed by atoms with van der Waals surface area (Å²) in [5, 5.41) is 10.6. The molecule has 6 heteroatoms. The predicted molar refractivity (Wildman–Crippen MR) is 94.8 cm³/mol. The number of hydrogen-bond donors (Lipinski definition) is 1. The highest BCUT2D eigenvalue weighted by molar-refractivity contribution is 5.76. The standard InChI is InChI=1S/C19H26N4O2/c1-2-23(16-8-4-3-5-9-16)17(24)14-22-12-11-21-19(22)18(25)15-7-6-10-20-13-15/h6-7,10-13,16,18,25H,2-5,8-9,14H2,1H3/t18-/m0/s1. The van der Waals surface area contributed by atoms with Gasteiger partial charge in [-0.2, -0.15) is 0 Å². The van der Waals surface area contributed by atoms with Crippen LogP contribution in [0.3, 0.4) is 0 Å². The van der Waals surface area contributed by atoms with Crippen LogP contribution in [-0.4, -0.2) is 43.0 Å². The fourth-order valence-electron chi connectivity index (χ4n) is 3.66. The minimum absolute atomic E-state index is 0.0898. The van der Waals surface area contributed by atoms with Crippen LogP contribution in [0.5, 0.6) is 0 Å². The molecule has 25 heavy (non-hydrogen) atoms. The molecule has 1 aliphatic rings. The van der Waals surface area contributed by atoms with Crippen LogP contribution in [0.2, 0.25) is 0 Å². The van der Waals surface area contributed by atoms with Crippen LogP contribution in [0, 0.1) is 0 Å². The molecule has 0 spiro atoms. The van der Waals surface area contributed by atoms with Crippen LogP contribution in [0.15, 0.2) is 36.9 Å². The first-order valence-corrected chi connectivity index (χ1v) is 9.09. The number of rotatable bonds is 6. The van der Waals surface area contributed by atoms with Crippen molar-refractivity contribution in [3.8, 4) is 0 Å². The van der Waals surface area contributed by atoms with Crippen molar-refractivity contribution in [1.82, 2.24) is 19.4 Å². The number of aliphatic hydroxyl groups excluding tert-OH is 1. The van der Waals surface area contributed by atoms with Gasteiger partial charge in [-0.25, -0.2) is 4.98 Å². The van der Waals surface area contributed by atoms with Crippen molar-refractivity contribution < 1.29 is 9.90 Å². The Morgan fingerprint density at radius 2 is 2.16 bits per heavy atom. The average molecular weight is 342 g/mol. The van der Waals surface area contributed by atoms with E-state index >= 15 is 0 Å². The van der Waals surface area contributed by atoms with E-state index in [0.717, 1.165) is 19.4 Å². The van der Waals surface area contributed by atoms with Gasteiger partial charge in [0.25, 0.3) is 0 Å². The quantitative estimate of drug-likeness (QED) is 0.876. The highest BCUT2D eigenvalue weighted by Gasteiger charge is 2.25. The topological polar surface area (TPSA) is 71.2 Å². The monoisotopic (exact) mass is 342 g/mol. The van der Waals surface area contributed by atoms with E-state index in [4.69, 9.17) is 0 Å². The van der Waals surface area contributed by atoms with Gasteiger partial charge in [-0.1, -0.05) is 25.3 Å². The first-order valence-electron chi connectivity index (χ1n) is 9.09. The van der Waals surface area contributed by atoms with Gasteiger partial charge in [0.05, 0.1) is 0 Å². The molecular weight excluding hydrogens is 316 g/mol. The minimum Gasteiger partial charge on any atom is -0.380 e. The molecule has 1 N–H and O–H groups in total. The highest BCUT2D eigenvalue weighted by Crippen LogP contribution is 2.24. The first-order chi connectivity index (χ1) is 12.2. The maximum atomic E-state index is 12.8. The SMILES string of the molecule is CCN(C(=O)Cn1ccnc1[C@@H](O)c1cccnc1)C1CCCCC1. The van der Waals surface area contributed by atoms with E-state index in [0.29, 0.717) is 17.4 Å². The number of carbonyl (C=O) groups excluding carboxylic acids is 1. The summed E-state index contributed by atoms with van der Waals surface area (Å²) in [6, 6.07) is 3.93. The largest absolute Gasteiger partial charge is 0.380 e. The average Bonchev–Trinajstić information content (AvgIpc) is 3.11. The number of amides is 1. The number of hydrogen-bond acceptors (Lipinski definition) is 4. The fraction of sp³-hybridized carbons (Fsp3) is 0.526. The molecule has 2 aromatic rings. The van der Waals surface area contributed by atoms with Crippen molar-refractivity contribution in [2.75, 3.05) is 6.54 Å². The summed E-state index contributed by atoms with van der Waals surface area (Å²) in [6.45, 7) is 2.96. The lowest BCUT2D eigenvalue weighted by molar-refractivity contribution is -0.134. The molecule has 1 atom stereocenters. The molecule has 6 nitrogen and oxygen atoms in total. The molecule has 2 aromatic heterocycles. The van der Waals surface area contributed by atoms with E-state index in [1.165, 1.54) is 19.3 Å². The van der Waals surface area contributed by atoms with Crippen LogP contribution in [0.4, 0.5) is 0 Å². The third kappa shape index (κ3) is 4.07. The molecule has 3 rings (SSSR count). The van der Waals surface area contributed by atoms with Gasteiger partial charge in [0.2, 0.25) is 5.91 Å². The van der Waals surface area contributed by atoms with E-state index < -0.39 is 6.10 Å². The highest BCUT2D eigenvalue weighted by atomic mass is 16.3. The van der Waals surface area contributed by atoms with Gasteiger partial charge in [0, 0.05) is 42.9 Å². The van der Waals surface area contributed by atoms with Gasteiger partial charge < -0.3 is 14.6 Å². The Morgan fingerprint density at radius 3 is 2.84 bits per heavy atom. The summed E-state index contributed by atoms with van der Waals surface area (Å²) in [6.07, 6.45) is 11.6. The van der Waals surface area contributed by atoms with Gasteiger partial charge >= 0.3 is 0 Å². The molecule has 0 unspecified atom stereocenters. The molecule has 2 heterocycles. The number of nitrogens with zero attached hydrogens (tertiary/aromatic N) is 4. The molecule has 1 amide bonds. The Labute approximate surface area is 148 Å². The Hall–Kier alpha value is -2.21. The number of imidazole rings is 1. The van der Waals surface area contributed by atoms with Gasteiger partial charge in [0.15, 0.2) is 0 Å². The smallest absolute Gasteiger partial charge is 0.242 e. The van der Waals surface area contributed by atoms with Crippen molar-refractivity contribution in [2.24, 2.45) is 0 Å².